The van der Waals surface area contributed by atoms with E-state index in [0.717, 1.165) is 4.90 Å². The normalized spacial score (nSPS) is 11.9. The maximum atomic E-state index is 12.0. The van der Waals surface area contributed by atoms with E-state index < -0.39 is 0 Å². The topological polar surface area (TPSA) is 46.6 Å². The van der Waals surface area contributed by atoms with Gasteiger partial charge in [0.15, 0.2) is 0 Å². The van der Waals surface area contributed by atoms with Gasteiger partial charge in [-0.2, -0.15) is 0 Å². The van der Waals surface area contributed by atoms with E-state index in [1.165, 1.54) is 23.8 Å². The number of amides is 1. The number of esters is 1. The Hall–Kier alpha value is -0.910. The standard InChI is InChI=1S/C14H17Cl2NO3S/c1-9(14(19)20-3)7-17(2)13(18)8-21-12-6-10(15)4-5-11(12)16/h4-6,9H,7-8H2,1-3H3. The molecule has 0 aliphatic rings. The highest BCUT2D eigenvalue weighted by Gasteiger charge is 2.19. The van der Waals surface area contributed by atoms with Crippen molar-refractivity contribution in [1.29, 1.82) is 0 Å². The van der Waals surface area contributed by atoms with Gasteiger partial charge in [-0.1, -0.05) is 30.1 Å². The monoisotopic (exact) mass is 349 g/mol. The highest BCUT2D eigenvalue weighted by molar-refractivity contribution is 8.00. The zero-order valence-corrected chi connectivity index (χ0v) is 14.4. The van der Waals surface area contributed by atoms with Crippen molar-refractivity contribution in [3.8, 4) is 0 Å². The molecular formula is C14H17Cl2NO3S. The van der Waals surface area contributed by atoms with E-state index >= 15 is 0 Å². The van der Waals surface area contributed by atoms with Gasteiger partial charge in [-0.05, 0) is 18.2 Å². The smallest absolute Gasteiger partial charge is 0.310 e. The lowest BCUT2D eigenvalue weighted by Gasteiger charge is -2.20. The van der Waals surface area contributed by atoms with Crippen LogP contribution in [0.15, 0.2) is 23.1 Å². The van der Waals surface area contributed by atoms with Crippen LogP contribution in [-0.2, 0) is 14.3 Å². The molecule has 0 aromatic heterocycles. The molecule has 0 aliphatic carbocycles. The summed E-state index contributed by atoms with van der Waals surface area (Å²) in [4.78, 5) is 25.6. The van der Waals surface area contributed by atoms with Gasteiger partial charge in [0, 0.05) is 23.5 Å². The molecule has 116 valence electrons. The Bertz CT molecular complexity index is 525. The zero-order valence-electron chi connectivity index (χ0n) is 12.1. The van der Waals surface area contributed by atoms with E-state index in [2.05, 4.69) is 4.74 Å². The van der Waals surface area contributed by atoms with Gasteiger partial charge < -0.3 is 9.64 Å². The average molecular weight is 350 g/mol. The van der Waals surface area contributed by atoms with Gasteiger partial charge in [0.25, 0.3) is 0 Å². The molecule has 0 saturated carbocycles. The number of nitrogens with zero attached hydrogens (tertiary/aromatic N) is 1. The van der Waals surface area contributed by atoms with Gasteiger partial charge in [0.2, 0.25) is 5.91 Å². The Morgan fingerprint density at radius 2 is 2.05 bits per heavy atom. The Labute approximate surface area is 138 Å². The maximum Gasteiger partial charge on any atom is 0.310 e. The minimum atomic E-state index is -0.358. The van der Waals surface area contributed by atoms with Crippen LogP contribution in [0.1, 0.15) is 6.92 Å². The van der Waals surface area contributed by atoms with Crippen LogP contribution in [0.4, 0.5) is 0 Å². The fraction of sp³-hybridized carbons (Fsp3) is 0.429. The number of rotatable bonds is 6. The van der Waals surface area contributed by atoms with Crippen molar-refractivity contribution in [2.24, 2.45) is 5.92 Å². The Balaban J connectivity index is 2.53. The van der Waals surface area contributed by atoms with Crippen LogP contribution in [0, 0.1) is 5.92 Å². The lowest BCUT2D eigenvalue weighted by atomic mass is 10.2. The van der Waals surface area contributed by atoms with E-state index in [-0.39, 0.29) is 23.5 Å². The molecule has 4 nitrogen and oxygen atoms in total. The Morgan fingerprint density at radius 1 is 1.38 bits per heavy atom. The van der Waals surface area contributed by atoms with E-state index in [1.54, 1.807) is 32.2 Å². The average Bonchev–Trinajstić information content (AvgIpc) is 2.46. The summed E-state index contributed by atoms with van der Waals surface area (Å²) < 4.78 is 4.64. The second-order valence-corrected chi connectivity index (χ2v) is 6.42. The van der Waals surface area contributed by atoms with E-state index in [1.807, 2.05) is 0 Å². The van der Waals surface area contributed by atoms with Crippen LogP contribution in [0.5, 0.6) is 0 Å². The molecule has 0 bridgehead atoms. The predicted molar refractivity (Wildman–Crippen MR) is 86.0 cm³/mol. The first-order chi connectivity index (χ1) is 9.85. The van der Waals surface area contributed by atoms with Gasteiger partial charge in [-0.25, -0.2) is 0 Å². The summed E-state index contributed by atoms with van der Waals surface area (Å²) in [5.41, 5.74) is 0. The number of ether oxygens (including phenoxy) is 1. The summed E-state index contributed by atoms with van der Waals surface area (Å²) in [6.45, 7) is 2.03. The van der Waals surface area contributed by atoms with E-state index in [0.29, 0.717) is 16.6 Å². The van der Waals surface area contributed by atoms with Crippen molar-refractivity contribution in [3.05, 3.63) is 28.2 Å². The molecule has 0 fully saturated rings. The van der Waals surface area contributed by atoms with Gasteiger partial charge in [-0.15, -0.1) is 11.8 Å². The van der Waals surface area contributed by atoms with Crippen molar-refractivity contribution in [2.45, 2.75) is 11.8 Å². The second-order valence-electron chi connectivity index (χ2n) is 4.56. The molecule has 1 atom stereocenters. The van der Waals surface area contributed by atoms with Crippen LogP contribution in [0.2, 0.25) is 10.0 Å². The molecule has 0 heterocycles. The number of carbonyl (C=O) groups is 2. The number of carbonyl (C=O) groups excluding carboxylic acids is 2. The number of benzene rings is 1. The first-order valence-corrected chi connectivity index (χ1v) is 7.99. The maximum absolute atomic E-state index is 12.0. The fourth-order valence-corrected chi connectivity index (χ4v) is 3.06. The molecule has 0 aliphatic heterocycles. The van der Waals surface area contributed by atoms with Gasteiger partial charge >= 0.3 is 5.97 Å². The van der Waals surface area contributed by atoms with E-state index in [4.69, 9.17) is 23.2 Å². The third-order valence-electron chi connectivity index (χ3n) is 2.82. The summed E-state index contributed by atoms with van der Waals surface area (Å²) >= 11 is 13.2. The van der Waals surface area contributed by atoms with Crippen molar-refractivity contribution in [2.75, 3.05) is 26.5 Å². The van der Waals surface area contributed by atoms with Crippen LogP contribution in [0.25, 0.3) is 0 Å². The third-order valence-corrected chi connectivity index (χ3v) is 4.54. The summed E-state index contributed by atoms with van der Waals surface area (Å²) in [7, 11) is 2.99. The number of thioether (sulfide) groups is 1. The van der Waals surface area contributed by atoms with Crippen LogP contribution in [-0.4, -0.2) is 43.2 Å². The zero-order chi connectivity index (χ0) is 16.0. The fourth-order valence-electron chi connectivity index (χ4n) is 1.63. The molecule has 1 aromatic rings. The predicted octanol–water partition coefficient (Wildman–Crippen LogP) is 3.35. The molecule has 0 spiro atoms. The van der Waals surface area contributed by atoms with Gasteiger partial charge in [-0.3, -0.25) is 9.59 Å². The number of hydrogen-bond donors (Lipinski definition) is 0. The minimum Gasteiger partial charge on any atom is -0.469 e. The second kappa shape index (κ2) is 8.51. The van der Waals surface area contributed by atoms with Crippen molar-refractivity contribution < 1.29 is 14.3 Å². The Kier molecular flexibility index (Phi) is 7.35. The van der Waals surface area contributed by atoms with Crippen molar-refractivity contribution >= 4 is 46.8 Å². The number of hydrogen-bond acceptors (Lipinski definition) is 4. The highest BCUT2D eigenvalue weighted by atomic mass is 35.5. The van der Waals surface area contributed by atoms with Gasteiger partial charge in [0.05, 0.1) is 23.8 Å². The Morgan fingerprint density at radius 3 is 2.67 bits per heavy atom. The molecule has 1 rings (SSSR count). The molecule has 0 N–H and O–H groups in total. The highest BCUT2D eigenvalue weighted by Crippen LogP contribution is 2.29. The van der Waals surface area contributed by atoms with Crippen molar-refractivity contribution in [3.63, 3.8) is 0 Å². The summed E-state index contributed by atoms with van der Waals surface area (Å²) in [5.74, 6) is -0.555. The van der Waals surface area contributed by atoms with E-state index in [9.17, 15) is 9.59 Å². The lowest BCUT2D eigenvalue weighted by molar-refractivity contribution is -0.145. The van der Waals surface area contributed by atoms with Crippen LogP contribution >= 0.6 is 35.0 Å². The molecule has 1 unspecified atom stereocenters. The molecular weight excluding hydrogens is 333 g/mol. The lowest BCUT2D eigenvalue weighted by Crippen LogP contribution is -2.35. The molecule has 0 radical (unpaired) electrons. The molecule has 0 saturated heterocycles. The summed E-state index contributed by atoms with van der Waals surface area (Å²) in [6, 6.07) is 5.11. The molecule has 1 amide bonds. The molecule has 7 heteroatoms. The number of halogens is 2. The molecule has 21 heavy (non-hydrogen) atoms. The van der Waals surface area contributed by atoms with Gasteiger partial charge in [0.1, 0.15) is 0 Å². The molecule has 1 aromatic carbocycles. The van der Waals surface area contributed by atoms with Crippen LogP contribution < -0.4 is 0 Å². The number of methoxy groups -OCH3 is 1. The minimum absolute atomic E-state index is 0.0909. The van der Waals surface area contributed by atoms with Crippen molar-refractivity contribution in [1.82, 2.24) is 4.90 Å². The third kappa shape index (κ3) is 5.77. The quantitative estimate of drug-likeness (QED) is 0.583. The SMILES string of the molecule is COC(=O)C(C)CN(C)C(=O)CSc1cc(Cl)ccc1Cl. The summed E-state index contributed by atoms with van der Waals surface area (Å²) in [6.07, 6.45) is 0. The summed E-state index contributed by atoms with van der Waals surface area (Å²) in [5, 5.41) is 1.13. The van der Waals surface area contributed by atoms with Crippen LogP contribution in [0.3, 0.4) is 0 Å². The largest absolute Gasteiger partial charge is 0.469 e. The first-order valence-electron chi connectivity index (χ1n) is 6.24. The first kappa shape index (κ1) is 18.1.